The zero-order valence-electron chi connectivity index (χ0n) is 18.1. The molecule has 174 valence electrons. The van der Waals surface area contributed by atoms with Gasteiger partial charge in [-0.2, -0.15) is 0 Å². The average molecular weight is 459 g/mol. The Morgan fingerprint density at radius 2 is 1.97 bits per heavy atom. The largest absolute Gasteiger partial charge is 0.503 e. The van der Waals surface area contributed by atoms with E-state index in [1.54, 1.807) is 0 Å². The number of halogens is 2. The number of ketones is 1. The van der Waals surface area contributed by atoms with Crippen LogP contribution in [0.1, 0.15) is 46.7 Å². The molecule has 0 radical (unpaired) electrons. The molecule has 1 fully saturated rings. The summed E-state index contributed by atoms with van der Waals surface area (Å²) in [5.74, 6) is -4.24. The quantitative estimate of drug-likeness (QED) is 0.725. The second-order valence-electron chi connectivity index (χ2n) is 8.70. The first kappa shape index (κ1) is 22.6. The van der Waals surface area contributed by atoms with Crippen molar-refractivity contribution in [2.24, 2.45) is 11.8 Å². The van der Waals surface area contributed by atoms with E-state index in [4.69, 9.17) is 0 Å². The molecule has 3 heterocycles. The molecule has 0 aliphatic carbocycles. The van der Waals surface area contributed by atoms with E-state index in [-0.39, 0.29) is 42.0 Å². The lowest BCUT2D eigenvalue weighted by Crippen LogP contribution is -2.58. The lowest BCUT2D eigenvalue weighted by atomic mass is 9.81. The second-order valence-corrected chi connectivity index (χ2v) is 8.70. The van der Waals surface area contributed by atoms with Crippen molar-refractivity contribution < 1.29 is 28.3 Å². The number of Topliss-reactive ketones (excluding diaryl/α,β-unsaturated/α-hetero) is 1. The van der Waals surface area contributed by atoms with Gasteiger partial charge in [0.2, 0.25) is 5.43 Å². The fraction of sp³-hybridized carbons (Fsp3) is 0.391. The molecule has 2 N–H and O–H groups in total. The fourth-order valence-electron chi connectivity index (χ4n) is 4.51. The smallest absolute Gasteiger partial charge is 0.275 e. The minimum Gasteiger partial charge on any atom is -0.503 e. The molecule has 1 saturated heterocycles. The molecule has 10 heteroatoms. The zero-order valence-corrected chi connectivity index (χ0v) is 18.1. The number of aromatic nitrogens is 1. The van der Waals surface area contributed by atoms with E-state index in [0.717, 1.165) is 18.3 Å². The molecule has 0 spiro atoms. The molecule has 0 unspecified atom stereocenters. The molecule has 4 rings (SSSR count). The Labute approximate surface area is 187 Å². The van der Waals surface area contributed by atoms with Crippen LogP contribution in [0, 0.1) is 23.5 Å². The topological polar surface area (TPSA) is 109 Å². The van der Waals surface area contributed by atoms with Gasteiger partial charge in [-0.15, -0.1) is 0 Å². The van der Waals surface area contributed by atoms with Gasteiger partial charge in [0, 0.05) is 36.8 Å². The average Bonchev–Trinajstić information content (AvgIpc) is 2.75. The Kier molecular flexibility index (Phi) is 5.77. The number of fused-ring (bicyclic) bond motifs is 2. The lowest BCUT2D eigenvalue weighted by Gasteiger charge is -2.43. The van der Waals surface area contributed by atoms with Crippen LogP contribution in [0.4, 0.5) is 8.78 Å². The van der Waals surface area contributed by atoms with Gasteiger partial charge >= 0.3 is 0 Å². The van der Waals surface area contributed by atoms with Gasteiger partial charge in [-0.1, -0.05) is 19.9 Å². The number of benzene rings is 1. The number of aromatic hydroxyl groups is 1. The summed E-state index contributed by atoms with van der Waals surface area (Å²) >= 11 is 0. The van der Waals surface area contributed by atoms with Crippen LogP contribution in [0.5, 0.6) is 5.75 Å². The molecular weight excluding hydrogens is 436 g/mol. The summed E-state index contributed by atoms with van der Waals surface area (Å²) < 4.78 is 28.1. The SMILES string of the molecule is CC(C)[C@@H]1CCN2C(=O)c3c(O)c(=O)c(C(=O)NCc4ccc(F)cc4F)cn3C[C@H]2C1=O. The van der Waals surface area contributed by atoms with Gasteiger partial charge in [-0.05, 0) is 18.4 Å². The predicted octanol–water partition coefficient (Wildman–Crippen LogP) is 1.83. The first-order valence-electron chi connectivity index (χ1n) is 10.6. The molecule has 2 aliphatic heterocycles. The lowest BCUT2D eigenvalue weighted by molar-refractivity contribution is -0.133. The van der Waals surface area contributed by atoms with E-state index in [1.165, 1.54) is 9.47 Å². The first-order chi connectivity index (χ1) is 15.6. The Hall–Kier alpha value is -3.56. The summed E-state index contributed by atoms with van der Waals surface area (Å²) in [6, 6.07) is 2.11. The molecular formula is C23H23F2N3O5. The highest BCUT2D eigenvalue weighted by molar-refractivity contribution is 6.02. The summed E-state index contributed by atoms with van der Waals surface area (Å²) in [6.07, 6.45) is 1.64. The van der Waals surface area contributed by atoms with Crippen molar-refractivity contribution in [3.8, 4) is 5.75 Å². The van der Waals surface area contributed by atoms with Crippen LogP contribution in [-0.4, -0.2) is 44.8 Å². The molecule has 33 heavy (non-hydrogen) atoms. The fourth-order valence-corrected chi connectivity index (χ4v) is 4.51. The molecule has 0 saturated carbocycles. The van der Waals surface area contributed by atoms with Crippen LogP contribution in [0.15, 0.2) is 29.2 Å². The number of hydrogen-bond donors (Lipinski definition) is 2. The summed E-state index contributed by atoms with van der Waals surface area (Å²) in [5, 5.41) is 12.8. The molecule has 0 bridgehead atoms. The maximum absolute atomic E-state index is 13.8. The van der Waals surface area contributed by atoms with Crippen molar-refractivity contribution in [1.29, 1.82) is 0 Å². The number of carbonyl (C=O) groups excluding carboxylic acids is 3. The van der Waals surface area contributed by atoms with Crippen molar-refractivity contribution in [2.45, 2.75) is 39.4 Å². The van der Waals surface area contributed by atoms with Crippen LogP contribution in [0.2, 0.25) is 0 Å². The molecule has 8 nitrogen and oxygen atoms in total. The Morgan fingerprint density at radius 3 is 2.64 bits per heavy atom. The highest BCUT2D eigenvalue weighted by Crippen LogP contribution is 2.32. The minimum absolute atomic E-state index is 0.00381. The summed E-state index contributed by atoms with van der Waals surface area (Å²) in [5.41, 5.74) is -1.77. The Bertz CT molecular complexity index is 1220. The van der Waals surface area contributed by atoms with Crippen LogP contribution < -0.4 is 10.7 Å². The monoisotopic (exact) mass is 459 g/mol. The van der Waals surface area contributed by atoms with Gasteiger partial charge in [-0.3, -0.25) is 19.2 Å². The second kappa shape index (κ2) is 8.42. The van der Waals surface area contributed by atoms with Gasteiger partial charge in [0.15, 0.2) is 17.2 Å². The standard InChI is InChI=1S/C23H23F2N3O5/c1-11(2)14-5-6-28-17(19(14)29)10-27-9-15(20(30)21(31)18(27)23(28)33)22(32)26-8-12-3-4-13(24)7-16(12)25/h3-4,7,9,11,14,17,31H,5-6,8,10H2,1-2H3,(H,26,32)/t14-,17-/m0/s1. The number of pyridine rings is 1. The molecule has 1 aromatic heterocycles. The maximum Gasteiger partial charge on any atom is 0.275 e. The molecule has 2 atom stereocenters. The zero-order chi connectivity index (χ0) is 24.0. The number of rotatable bonds is 4. The first-order valence-corrected chi connectivity index (χ1v) is 10.6. The highest BCUT2D eigenvalue weighted by atomic mass is 19.1. The van der Waals surface area contributed by atoms with Crippen molar-refractivity contribution in [1.82, 2.24) is 14.8 Å². The number of hydrogen-bond acceptors (Lipinski definition) is 5. The van der Waals surface area contributed by atoms with Crippen molar-refractivity contribution in [2.75, 3.05) is 6.54 Å². The van der Waals surface area contributed by atoms with E-state index in [0.29, 0.717) is 19.0 Å². The van der Waals surface area contributed by atoms with Crippen LogP contribution in [0.25, 0.3) is 0 Å². The van der Waals surface area contributed by atoms with E-state index >= 15 is 0 Å². The minimum atomic E-state index is -1.05. The van der Waals surface area contributed by atoms with Crippen molar-refractivity contribution in [3.05, 3.63) is 63.1 Å². The number of nitrogens with zero attached hydrogens (tertiary/aromatic N) is 2. The third kappa shape index (κ3) is 3.90. The molecule has 2 aliphatic rings. The molecule has 1 aromatic carbocycles. The maximum atomic E-state index is 13.8. The van der Waals surface area contributed by atoms with E-state index < -0.39 is 46.2 Å². The predicted molar refractivity (Wildman–Crippen MR) is 113 cm³/mol. The van der Waals surface area contributed by atoms with E-state index in [2.05, 4.69) is 5.32 Å². The van der Waals surface area contributed by atoms with Gasteiger partial charge in [0.05, 0.1) is 6.54 Å². The van der Waals surface area contributed by atoms with Crippen molar-refractivity contribution in [3.63, 3.8) is 0 Å². The van der Waals surface area contributed by atoms with Crippen LogP contribution >= 0.6 is 0 Å². The van der Waals surface area contributed by atoms with Gasteiger partial charge in [0.25, 0.3) is 11.8 Å². The third-order valence-corrected chi connectivity index (χ3v) is 6.34. The highest BCUT2D eigenvalue weighted by Gasteiger charge is 2.45. The van der Waals surface area contributed by atoms with E-state index in [9.17, 15) is 33.1 Å². The molecule has 2 aromatic rings. The Balaban J connectivity index is 1.63. The summed E-state index contributed by atoms with van der Waals surface area (Å²) in [4.78, 5) is 52.6. The molecule has 2 amide bonds. The van der Waals surface area contributed by atoms with E-state index in [1.807, 2.05) is 13.8 Å². The normalized spacial score (nSPS) is 20.0. The summed E-state index contributed by atoms with van der Waals surface area (Å²) in [7, 11) is 0. The van der Waals surface area contributed by atoms with Crippen LogP contribution in [0.3, 0.4) is 0 Å². The number of nitrogens with one attached hydrogen (secondary N) is 1. The van der Waals surface area contributed by atoms with Crippen LogP contribution in [-0.2, 0) is 17.9 Å². The number of amides is 2. The summed E-state index contributed by atoms with van der Waals surface area (Å²) in [6.45, 7) is 3.88. The van der Waals surface area contributed by atoms with Gasteiger partial charge in [0.1, 0.15) is 23.2 Å². The third-order valence-electron chi connectivity index (χ3n) is 6.34. The number of piperidine rings is 1. The van der Waals surface area contributed by atoms with Gasteiger partial charge in [-0.25, -0.2) is 8.78 Å². The van der Waals surface area contributed by atoms with Gasteiger partial charge < -0.3 is 19.9 Å². The number of carbonyl (C=O) groups is 3. The Morgan fingerprint density at radius 1 is 1.24 bits per heavy atom. The van der Waals surface area contributed by atoms with Crippen molar-refractivity contribution >= 4 is 17.6 Å².